The van der Waals surface area contributed by atoms with Gasteiger partial charge >= 0.3 is 0 Å². The maximum Gasteiger partial charge on any atom is 0.277 e. The molecule has 80 valence electrons. The Bertz CT molecular complexity index is 411. The van der Waals surface area contributed by atoms with Crippen LogP contribution in [-0.2, 0) is 0 Å². The molecule has 0 unspecified atom stereocenters. The van der Waals surface area contributed by atoms with Gasteiger partial charge in [0.25, 0.3) is 5.69 Å². The molecule has 1 rings (SSSR count). The molecule has 15 heavy (non-hydrogen) atoms. The lowest BCUT2D eigenvalue weighted by Crippen LogP contribution is -1.97. The van der Waals surface area contributed by atoms with Gasteiger partial charge < -0.3 is 5.73 Å². The van der Waals surface area contributed by atoms with E-state index in [1.807, 2.05) is 19.9 Å². The zero-order chi connectivity index (χ0) is 11.4. The van der Waals surface area contributed by atoms with Gasteiger partial charge in [-0.3, -0.25) is 10.1 Å². The normalized spacial score (nSPS) is 10.9. The van der Waals surface area contributed by atoms with Crippen LogP contribution in [0.5, 0.6) is 0 Å². The van der Waals surface area contributed by atoms with Gasteiger partial charge in [0.15, 0.2) is 0 Å². The van der Waals surface area contributed by atoms with E-state index in [4.69, 9.17) is 5.73 Å². The zero-order valence-electron chi connectivity index (χ0n) is 8.86. The summed E-state index contributed by atoms with van der Waals surface area (Å²) in [6, 6.07) is 3.49. The molecule has 1 aromatic rings. The predicted octanol–water partition coefficient (Wildman–Crippen LogP) is 2.18. The van der Waals surface area contributed by atoms with Crippen LogP contribution in [0.15, 0.2) is 18.2 Å². The fraction of sp³-hybridized carbons (Fsp3) is 0.273. The van der Waals surface area contributed by atoms with Gasteiger partial charge in [-0.15, -0.1) is 0 Å². The summed E-state index contributed by atoms with van der Waals surface area (Å²) in [5.41, 5.74) is 7.88. The number of hydrogen-bond acceptors (Lipinski definition) is 3. The number of nitrogens with two attached hydrogens (primary N) is 1. The summed E-state index contributed by atoms with van der Waals surface area (Å²) >= 11 is 0. The third-order valence-electron chi connectivity index (χ3n) is 2.13. The smallest absolute Gasteiger partial charge is 0.277 e. The average Bonchev–Trinajstić information content (AvgIpc) is 2.15. The zero-order valence-corrected chi connectivity index (χ0v) is 8.86. The largest absolute Gasteiger partial charge is 0.327 e. The fourth-order valence-corrected chi connectivity index (χ4v) is 1.51. The topological polar surface area (TPSA) is 69.2 Å². The lowest BCUT2D eigenvalue weighted by molar-refractivity contribution is -0.385. The van der Waals surface area contributed by atoms with Crippen molar-refractivity contribution in [1.29, 1.82) is 0 Å². The van der Waals surface area contributed by atoms with Crippen molar-refractivity contribution in [2.45, 2.75) is 13.8 Å². The second-order valence-electron chi connectivity index (χ2n) is 3.41. The van der Waals surface area contributed by atoms with Crippen LogP contribution in [0.1, 0.15) is 16.7 Å². The van der Waals surface area contributed by atoms with Gasteiger partial charge in [0.05, 0.1) is 10.5 Å². The highest BCUT2D eigenvalue weighted by molar-refractivity contribution is 5.65. The predicted molar refractivity (Wildman–Crippen MR) is 60.7 cm³/mol. The third-order valence-corrected chi connectivity index (χ3v) is 2.13. The first-order valence-corrected chi connectivity index (χ1v) is 4.68. The Kier molecular flexibility index (Phi) is 3.57. The summed E-state index contributed by atoms with van der Waals surface area (Å²) in [6.45, 7) is 4.08. The highest BCUT2D eigenvalue weighted by Crippen LogP contribution is 2.25. The second-order valence-corrected chi connectivity index (χ2v) is 3.41. The van der Waals surface area contributed by atoms with Crippen LogP contribution in [0, 0.1) is 24.0 Å². The molecular formula is C11H14N2O2. The Hall–Kier alpha value is -1.68. The lowest BCUT2D eigenvalue weighted by atomic mass is 10.0. The van der Waals surface area contributed by atoms with Crippen molar-refractivity contribution in [3.8, 4) is 0 Å². The number of benzene rings is 1. The third kappa shape index (κ3) is 2.63. The van der Waals surface area contributed by atoms with E-state index in [9.17, 15) is 10.1 Å². The summed E-state index contributed by atoms with van der Waals surface area (Å²) in [4.78, 5) is 10.5. The first kappa shape index (κ1) is 11.4. The molecule has 0 bridgehead atoms. The number of nitro benzene ring substituents is 1. The summed E-state index contributed by atoms with van der Waals surface area (Å²) in [6.07, 6.45) is 3.41. The molecule has 0 heterocycles. The van der Waals surface area contributed by atoms with Gasteiger partial charge in [0, 0.05) is 12.6 Å². The summed E-state index contributed by atoms with van der Waals surface area (Å²) in [5, 5.41) is 10.8. The van der Waals surface area contributed by atoms with Crippen molar-refractivity contribution >= 4 is 11.8 Å². The van der Waals surface area contributed by atoms with Crippen LogP contribution in [0.4, 0.5) is 5.69 Å². The van der Waals surface area contributed by atoms with Gasteiger partial charge in [-0.1, -0.05) is 18.2 Å². The quantitative estimate of drug-likeness (QED) is 0.608. The van der Waals surface area contributed by atoms with Gasteiger partial charge in [-0.2, -0.15) is 0 Å². The Morgan fingerprint density at radius 3 is 2.67 bits per heavy atom. The van der Waals surface area contributed by atoms with Crippen LogP contribution in [0.2, 0.25) is 0 Å². The Morgan fingerprint density at radius 1 is 1.47 bits per heavy atom. The number of nitrogens with zero attached hydrogens (tertiary/aromatic N) is 1. The maximum atomic E-state index is 10.8. The highest BCUT2D eigenvalue weighted by atomic mass is 16.6. The number of nitro groups is 1. The first-order valence-electron chi connectivity index (χ1n) is 4.68. The molecule has 1 aromatic carbocycles. The Labute approximate surface area is 88.6 Å². The molecule has 4 nitrogen and oxygen atoms in total. The minimum Gasteiger partial charge on any atom is -0.327 e. The molecule has 0 saturated heterocycles. The van der Waals surface area contributed by atoms with Crippen molar-refractivity contribution in [3.63, 3.8) is 0 Å². The van der Waals surface area contributed by atoms with E-state index in [-0.39, 0.29) is 10.6 Å². The number of aryl methyl sites for hydroxylation is 2. The monoisotopic (exact) mass is 206 g/mol. The number of hydrogen-bond donors (Lipinski definition) is 1. The van der Waals surface area contributed by atoms with Crippen LogP contribution < -0.4 is 5.73 Å². The fourth-order valence-electron chi connectivity index (χ4n) is 1.51. The summed E-state index contributed by atoms with van der Waals surface area (Å²) in [5.74, 6) is 0. The second kappa shape index (κ2) is 4.70. The Morgan fingerprint density at radius 2 is 2.13 bits per heavy atom. The minimum atomic E-state index is -0.365. The van der Waals surface area contributed by atoms with Gasteiger partial charge in [-0.05, 0) is 25.0 Å². The molecule has 0 radical (unpaired) electrons. The molecule has 0 aliphatic carbocycles. The molecule has 0 aliphatic rings. The molecule has 0 atom stereocenters. The van der Waals surface area contributed by atoms with Crippen molar-refractivity contribution in [1.82, 2.24) is 0 Å². The van der Waals surface area contributed by atoms with E-state index in [1.54, 1.807) is 18.2 Å². The van der Waals surface area contributed by atoms with E-state index >= 15 is 0 Å². The van der Waals surface area contributed by atoms with Crippen molar-refractivity contribution in [3.05, 3.63) is 45.0 Å². The van der Waals surface area contributed by atoms with Gasteiger partial charge in [0.2, 0.25) is 0 Å². The molecule has 2 N–H and O–H groups in total. The SMILES string of the molecule is Cc1cc(C)c(C=CCN)c([N+](=O)[O-])c1. The molecule has 0 spiro atoms. The molecular weight excluding hydrogens is 192 g/mol. The highest BCUT2D eigenvalue weighted by Gasteiger charge is 2.13. The minimum absolute atomic E-state index is 0.136. The van der Waals surface area contributed by atoms with Crippen LogP contribution in [0.25, 0.3) is 6.08 Å². The first-order chi connectivity index (χ1) is 7.06. The molecule has 0 fully saturated rings. The Balaban J connectivity index is 3.33. The van der Waals surface area contributed by atoms with E-state index < -0.39 is 0 Å². The molecule has 0 amide bonds. The average molecular weight is 206 g/mol. The van der Waals surface area contributed by atoms with E-state index in [0.717, 1.165) is 11.1 Å². The van der Waals surface area contributed by atoms with Crippen LogP contribution in [0.3, 0.4) is 0 Å². The van der Waals surface area contributed by atoms with Crippen molar-refractivity contribution in [2.75, 3.05) is 6.54 Å². The summed E-state index contributed by atoms with van der Waals surface area (Å²) in [7, 11) is 0. The molecule has 4 heteroatoms. The van der Waals surface area contributed by atoms with Gasteiger partial charge in [0.1, 0.15) is 0 Å². The lowest BCUT2D eigenvalue weighted by Gasteiger charge is -2.03. The standard InChI is InChI=1S/C11H14N2O2/c1-8-6-9(2)10(4-3-5-12)11(7-8)13(14)15/h3-4,6-7H,5,12H2,1-2H3. The summed E-state index contributed by atoms with van der Waals surface area (Å²) < 4.78 is 0. The van der Waals surface area contributed by atoms with Crippen LogP contribution in [-0.4, -0.2) is 11.5 Å². The van der Waals surface area contributed by atoms with Crippen molar-refractivity contribution in [2.24, 2.45) is 5.73 Å². The number of rotatable bonds is 3. The van der Waals surface area contributed by atoms with Gasteiger partial charge in [-0.25, -0.2) is 0 Å². The molecule has 0 aromatic heterocycles. The molecule has 0 saturated carbocycles. The maximum absolute atomic E-state index is 10.8. The molecule has 0 aliphatic heterocycles. The van der Waals surface area contributed by atoms with E-state index in [0.29, 0.717) is 12.1 Å². The van der Waals surface area contributed by atoms with Crippen LogP contribution >= 0.6 is 0 Å². The van der Waals surface area contributed by atoms with Crippen molar-refractivity contribution < 1.29 is 4.92 Å². The van der Waals surface area contributed by atoms with E-state index in [2.05, 4.69) is 0 Å². The van der Waals surface area contributed by atoms with E-state index in [1.165, 1.54) is 0 Å².